The number of hydrogen-bond donors (Lipinski definition) is 2. The van der Waals surface area contributed by atoms with Crippen molar-refractivity contribution in [3.63, 3.8) is 0 Å². The highest BCUT2D eigenvalue weighted by Crippen LogP contribution is 2.26. The number of anilines is 1. The summed E-state index contributed by atoms with van der Waals surface area (Å²) in [6.45, 7) is 6.76. The van der Waals surface area contributed by atoms with E-state index in [1.807, 2.05) is 12.1 Å². The van der Waals surface area contributed by atoms with E-state index in [2.05, 4.69) is 26.1 Å². The molecule has 2 aromatic rings. The van der Waals surface area contributed by atoms with Gasteiger partial charge in [-0.05, 0) is 47.4 Å². The number of nitrogens with one attached hydrogen (secondary N) is 1. The van der Waals surface area contributed by atoms with E-state index in [4.69, 9.17) is 4.74 Å². The highest BCUT2D eigenvalue weighted by atomic mass is 19.1. The zero-order valence-corrected chi connectivity index (χ0v) is 17.4. The second kappa shape index (κ2) is 8.44. The van der Waals surface area contributed by atoms with Crippen molar-refractivity contribution in [2.45, 2.75) is 44.8 Å². The fourth-order valence-corrected chi connectivity index (χ4v) is 3.31. The van der Waals surface area contributed by atoms with Gasteiger partial charge in [0.2, 0.25) is 5.79 Å². The third-order valence-electron chi connectivity index (χ3n) is 5.20. The molecule has 3 rings (SSSR count). The van der Waals surface area contributed by atoms with E-state index in [-0.39, 0.29) is 37.3 Å². The number of halogens is 1. The molecule has 7 heteroatoms. The molecule has 2 N–H and O–H groups in total. The molecular weight excluding hydrogens is 387 g/mol. The molecule has 30 heavy (non-hydrogen) atoms. The minimum Gasteiger partial charge on any atom is -0.417 e. The van der Waals surface area contributed by atoms with Crippen molar-refractivity contribution in [1.29, 1.82) is 0 Å². The minimum absolute atomic E-state index is 0.00745. The summed E-state index contributed by atoms with van der Waals surface area (Å²) in [4.78, 5) is 26.3. The van der Waals surface area contributed by atoms with Gasteiger partial charge in [-0.1, -0.05) is 32.9 Å². The lowest BCUT2D eigenvalue weighted by atomic mass is 9.87. The third-order valence-corrected chi connectivity index (χ3v) is 5.20. The van der Waals surface area contributed by atoms with Crippen molar-refractivity contribution >= 4 is 17.7 Å². The van der Waals surface area contributed by atoms with Gasteiger partial charge >= 0.3 is 6.09 Å². The largest absolute Gasteiger partial charge is 0.417 e. The predicted octanol–water partition coefficient (Wildman–Crippen LogP) is 4.30. The first-order chi connectivity index (χ1) is 14.1. The molecule has 6 nitrogen and oxygen atoms in total. The van der Waals surface area contributed by atoms with Crippen LogP contribution in [0.5, 0.6) is 0 Å². The monoisotopic (exact) mass is 414 g/mol. The van der Waals surface area contributed by atoms with Crippen LogP contribution in [0.3, 0.4) is 0 Å². The number of nitrogens with zero attached hydrogens (tertiary/aromatic N) is 1. The van der Waals surface area contributed by atoms with Crippen molar-refractivity contribution in [3.05, 3.63) is 65.5 Å². The normalized spacial score (nSPS) is 16.1. The Balaban J connectivity index is 1.53. The van der Waals surface area contributed by atoms with E-state index in [1.165, 1.54) is 24.3 Å². The Morgan fingerprint density at radius 2 is 1.60 bits per heavy atom. The summed E-state index contributed by atoms with van der Waals surface area (Å²) in [6.07, 6.45) is -0.563. The van der Waals surface area contributed by atoms with Crippen LogP contribution >= 0.6 is 0 Å². The van der Waals surface area contributed by atoms with Gasteiger partial charge in [0, 0.05) is 37.2 Å². The molecule has 0 saturated carbocycles. The predicted molar refractivity (Wildman–Crippen MR) is 112 cm³/mol. The minimum atomic E-state index is -1.64. The van der Waals surface area contributed by atoms with Gasteiger partial charge in [0.25, 0.3) is 5.91 Å². The average molecular weight is 414 g/mol. The van der Waals surface area contributed by atoms with Gasteiger partial charge in [-0.25, -0.2) is 9.18 Å². The molecule has 0 aromatic heterocycles. The zero-order valence-electron chi connectivity index (χ0n) is 17.4. The lowest BCUT2D eigenvalue weighted by Crippen LogP contribution is -2.49. The number of ether oxygens (including phenoxy) is 1. The van der Waals surface area contributed by atoms with E-state index >= 15 is 0 Å². The second-order valence-electron chi connectivity index (χ2n) is 8.59. The number of carbonyl (C=O) groups excluding carboxylic acids is 2. The fourth-order valence-electron chi connectivity index (χ4n) is 3.31. The molecular formula is C23H27FN2O4. The van der Waals surface area contributed by atoms with Gasteiger partial charge < -0.3 is 14.7 Å². The van der Waals surface area contributed by atoms with E-state index in [0.717, 1.165) is 5.56 Å². The summed E-state index contributed by atoms with van der Waals surface area (Å²) in [5, 5.41) is 13.2. The van der Waals surface area contributed by atoms with Crippen LogP contribution in [0.1, 0.15) is 49.5 Å². The molecule has 1 fully saturated rings. The van der Waals surface area contributed by atoms with Crippen molar-refractivity contribution in [2.24, 2.45) is 0 Å². The first-order valence-electron chi connectivity index (χ1n) is 9.93. The van der Waals surface area contributed by atoms with Crippen LogP contribution in [-0.4, -0.2) is 40.9 Å². The second-order valence-corrected chi connectivity index (χ2v) is 8.59. The van der Waals surface area contributed by atoms with Gasteiger partial charge in [0.15, 0.2) is 0 Å². The Bertz CT molecular complexity index is 896. The number of aliphatic hydroxyl groups is 1. The summed E-state index contributed by atoms with van der Waals surface area (Å²) in [5.41, 5.74) is 2.09. The Kier molecular flexibility index (Phi) is 6.12. The van der Waals surface area contributed by atoms with Crippen LogP contribution in [0.2, 0.25) is 0 Å². The van der Waals surface area contributed by atoms with Crippen LogP contribution in [0, 0.1) is 5.82 Å². The first kappa shape index (κ1) is 21.8. The Labute approximate surface area is 175 Å². The summed E-state index contributed by atoms with van der Waals surface area (Å²) < 4.78 is 18.3. The molecule has 0 bridgehead atoms. The molecule has 1 saturated heterocycles. The molecule has 0 aliphatic carbocycles. The van der Waals surface area contributed by atoms with Gasteiger partial charge in [0.05, 0.1) is 0 Å². The maximum atomic E-state index is 13.0. The molecule has 1 aliphatic heterocycles. The lowest BCUT2D eigenvalue weighted by Gasteiger charge is -2.37. The summed E-state index contributed by atoms with van der Waals surface area (Å²) in [6, 6.07) is 12.8. The molecule has 2 amide bonds. The average Bonchev–Trinajstić information content (AvgIpc) is 2.68. The van der Waals surface area contributed by atoms with E-state index in [9.17, 15) is 19.1 Å². The van der Waals surface area contributed by atoms with Crippen LogP contribution < -0.4 is 5.32 Å². The maximum Gasteiger partial charge on any atom is 0.414 e. The number of carbonyl (C=O) groups is 2. The fraction of sp³-hybridized carbons (Fsp3) is 0.391. The maximum absolute atomic E-state index is 13.0. The molecule has 160 valence electrons. The first-order valence-corrected chi connectivity index (χ1v) is 9.93. The van der Waals surface area contributed by atoms with Gasteiger partial charge in [0.1, 0.15) is 5.82 Å². The van der Waals surface area contributed by atoms with Crippen molar-refractivity contribution in [1.82, 2.24) is 4.90 Å². The topological polar surface area (TPSA) is 78.9 Å². The van der Waals surface area contributed by atoms with Gasteiger partial charge in [-0.3, -0.25) is 10.1 Å². The molecule has 1 aliphatic rings. The Morgan fingerprint density at radius 1 is 1.03 bits per heavy atom. The standard InChI is InChI=1S/C23H27FN2O4/c1-22(2,3)17-6-10-19(11-7-17)25-21(28)30-23(29)12-14-26(15-13-23)20(27)16-4-8-18(24)9-5-16/h4-11,29H,12-15H2,1-3H3,(H,25,28). The lowest BCUT2D eigenvalue weighted by molar-refractivity contribution is -0.182. The van der Waals surface area contributed by atoms with Crippen LogP contribution in [0.4, 0.5) is 14.9 Å². The van der Waals surface area contributed by atoms with E-state index < -0.39 is 17.7 Å². The Morgan fingerprint density at radius 3 is 2.13 bits per heavy atom. The number of likely N-dealkylation sites (tertiary alicyclic amines) is 1. The molecule has 2 aromatic carbocycles. The van der Waals surface area contributed by atoms with Crippen LogP contribution in [-0.2, 0) is 10.2 Å². The SMILES string of the molecule is CC(C)(C)c1ccc(NC(=O)OC2(O)CCN(C(=O)c3ccc(F)cc3)CC2)cc1. The van der Waals surface area contributed by atoms with Crippen LogP contribution in [0.15, 0.2) is 48.5 Å². The summed E-state index contributed by atoms with van der Waals surface area (Å²) >= 11 is 0. The van der Waals surface area contributed by atoms with Gasteiger partial charge in [-0.2, -0.15) is 0 Å². The highest BCUT2D eigenvalue weighted by Gasteiger charge is 2.37. The van der Waals surface area contributed by atoms with Crippen molar-refractivity contribution < 1.29 is 23.8 Å². The van der Waals surface area contributed by atoms with Crippen molar-refractivity contribution in [3.8, 4) is 0 Å². The van der Waals surface area contributed by atoms with E-state index in [0.29, 0.717) is 11.3 Å². The zero-order chi connectivity index (χ0) is 21.9. The Hall–Kier alpha value is -2.93. The molecule has 0 unspecified atom stereocenters. The highest BCUT2D eigenvalue weighted by molar-refractivity contribution is 5.94. The molecule has 0 radical (unpaired) electrons. The number of benzene rings is 2. The van der Waals surface area contributed by atoms with Crippen molar-refractivity contribution in [2.75, 3.05) is 18.4 Å². The molecule has 0 spiro atoms. The van der Waals surface area contributed by atoms with Crippen LogP contribution in [0.25, 0.3) is 0 Å². The molecule has 0 atom stereocenters. The number of rotatable bonds is 3. The number of hydrogen-bond acceptors (Lipinski definition) is 4. The summed E-state index contributed by atoms with van der Waals surface area (Å²) in [5.74, 6) is -2.30. The smallest absolute Gasteiger partial charge is 0.414 e. The quantitative estimate of drug-likeness (QED) is 0.734. The van der Waals surface area contributed by atoms with Gasteiger partial charge in [-0.15, -0.1) is 0 Å². The summed E-state index contributed by atoms with van der Waals surface area (Å²) in [7, 11) is 0. The van der Waals surface area contributed by atoms with E-state index in [1.54, 1.807) is 17.0 Å². The molecule has 1 heterocycles. The number of amides is 2. The number of piperidine rings is 1. The third kappa shape index (κ3) is 5.36.